The zero-order valence-corrected chi connectivity index (χ0v) is 32.9. The molecule has 12 rings (SSSR count). The molecule has 0 radical (unpaired) electrons. The van der Waals surface area contributed by atoms with E-state index >= 15 is 0 Å². The molecule has 2 atom stereocenters. The Kier molecular flexibility index (Phi) is 8.14. The molecule has 0 saturated heterocycles. The van der Waals surface area contributed by atoms with Gasteiger partial charge in [0.1, 0.15) is 5.58 Å². The topological polar surface area (TPSA) is 30.1 Å². The van der Waals surface area contributed by atoms with Gasteiger partial charge in [-0.05, 0) is 98.5 Å². The van der Waals surface area contributed by atoms with E-state index in [4.69, 9.17) is 4.42 Å². The molecule has 1 aliphatic carbocycles. The van der Waals surface area contributed by atoms with Gasteiger partial charge in [-0.15, -0.1) is 0 Å². The van der Waals surface area contributed by atoms with Crippen molar-refractivity contribution in [1.82, 2.24) is 9.88 Å². The Balaban J connectivity index is 0.964. The summed E-state index contributed by atoms with van der Waals surface area (Å²) in [4.78, 5) is 0. The summed E-state index contributed by atoms with van der Waals surface area (Å²) in [7, 11) is 0. The quantitative estimate of drug-likeness (QED) is 0.183. The number of rotatable bonds is 6. The highest BCUT2D eigenvalue weighted by molar-refractivity contribution is 6.14. The monoisotopic (exact) mass is 768 g/mol. The van der Waals surface area contributed by atoms with E-state index in [9.17, 15) is 0 Å². The number of benzene rings is 8. The van der Waals surface area contributed by atoms with Gasteiger partial charge in [0, 0.05) is 27.6 Å². The summed E-state index contributed by atoms with van der Waals surface area (Å²) in [5.41, 5.74) is 17.6. The van der Waals surface area contributed by atoms with Crippen molar-refractivity contribution in [3.63, 3.8) is 0 Å². The maximum atomic E-state index is 7.01. The minimum absolute atomic E-state index is 0.116. The number of para-hydroxylation sites is 1. The number of hydrogen-bond acceptors (Lipinski definition) is 2. The largest absolute Gasteiger partial charge is 0.454 e. The fourth-order valence-electron chi connectivity index (χ4n) is 9.66. The summed E-state index contributed by atoms with van der Waals surface area (Å²) < 4.78 is 9.41. The lowest BCUT2D eigenvalue weighted by Crippen LogP contribution is -2.37. The highest BCUT2D eigenvalue weighted by Crippen LogP contribution is 2.43. The third-order valence-electron chi connectivity index (χ3n) is 12.6. The van der Waals surface area contributed by atoms with Crippen LogP contribution in [-0.2, 0) is 0 Å². The van der Waals surface area contributed by atoms with Gasteiger partial charge < -0.3 is 8.98 Å². The van der Waals surface area contributed by atoms with E-state index in [-0.39, 0.29) is 12.1 Å². The molecule has 1 aliphatic heterocycles. The second-order valence-electron chi connectivity index (χ2n) is 16.1. The van der Waals surface area contributed by atoms with Crippen molar-refractivity contribution in [3.8, 4) is 39.1 Å². The summed E-state index contributed by atoms with van der Waals surface area (Å²) >= 11 is 0. The summed E-state index contributed by atoms with van der Waals surface area (Å²) in [6.07, 6.45) is 9.75. The van der Waals surface area contributed by atoms with Crippen molar-refractivity contribution < 1.29 is 4.42 Å². The summed E-state index contributed by atoms with van der Waals surface area (Å²) in [6.45, 7) is 0. The Morgan fingerprint density at radius 3 is 1.70 bits per heavy atom. The van der Waals surface area contributed by atoms with Gasteiger partial charge in [-0.3, -0.25) is 5.32 Å². The first-order valence-electron chi connectivity index (χ1n) is 20.9. The second kappa shape index (κ2) is 14.1. The number of fused-ring (bicyclic) bond motifs is 7. The van der Waals surface area contributed by atoms with Crippen LogP contribution in [0.15, 0.2) is 222 Å². The Bertz CT molecular complexity index is 3250. The molecule has 2 unspecified atom stereocenters. The summed E-state index contributed by atoms with van der Waals surface area (Å²) in [6, 6.07) is 68.4. The van der Waals surface area contributed by atoms with Crippen molar-refractivity contribution in [2.75, 3.05) is 0 Å². The van der Waals surface area contributed by atoms with Gasteiger partial charge in [0.15, 0.2) is 5.58 Å². The molecule has 2 aromatic heterocycles. The molecule has 8 aromatic carbocycles. The third kappa shape index (κ3) is 5.78. The van der Waals surface area contributed by atoms with Crippen molar-refractivity contribution in [3.05, 3.63) is 229 Å². The molecule has 3 heteroatoms. The maximum absolute atomic E-state index is 7.01. The fourth-order valence-corrected chi connectivity index (χ4v) is 9.66. The fraction of sp³-hybridized carbons (Fsp3) is 0.0526. The third-order valence-corrected chi connectivity index (χ3v) is 12.6. The summed E-state index contributed by atoms with van der Waals surface area (Å²) in [5.74, 6) is 0. The first kappa shape index (κ1) is 34.6. The molecule has 1 N–H and O–H groups in total. The second-order valence-corrected chi connectivity index (χ2v) is 16.1. The van der Waals surface area contributed by atoms with Crippen molar-refractivity contribution in [1.29, 1.82) is 0 Å². The molecule has 2 aliphatic rings. The minimum atomic E-state index is 0.116. The Morgan fingerprint density at radius 1 is 0.467 bits per heavy atom. The molecule has 0 saturated carbocycles. The first-order valence-corrected chi connectivity index (χ1v) is 20.9. The zero-order chi connectivity index (χ0) is 39.6. The molecule has 284 valence electrons. The van der Waals surface area contributed by atoms with Crippen LogP contribution in [0, 0.1) is 0 Å². The molecule has 0 amide bonds. The van der Waals surface area contributed by atoms with Crippen LogP contribution in [0.1, 0.15) is 23.6 Å². The van der Waals surface area contributed by atoms with E-state index in [1.54, 1.807) is 0 Å². The van der Waals surface area contributed by atoms with E-state index in [1.807, 2.05) is 0 Å². The molecule has 0 bridgehead atoms. The van der Waals surface area contributed by atoms with Gasteiger partial charge >= 0.3 is 0 Å². The van der Waals surface area contributed by atoms with Gasteiger partial charge in [0.05, 0.1) is 22.8 Å². The van der Waals surface area contributed by atoms with E-state index in [0.717, 1.165) is 45.1 Å². The Morgan fingerprint density at radius 2 is 1.05 bits per heavy atom. The van der Waals surface area contributed by atoms with Crippen LogP contribution in [0.3, 0.4) is 0 Å². The average molecular weight is 769 g/mol. The van der Waals surface area contributed by atoms with Gasteiger partial charge in [0.2, 0.25) is 0 Å². The van der Waals surface area contributed by atoms with E-state index in [0.29, 0.717) is 0 Å². The van der Waals surface area contributed by atoms with E-state index < -0.39 is 0 Å². The van der Waals surface area contributed by atoms with Crippen LogP contribution in [0.25, 0.3) is 88.4 Å². The SMILES string of the molecule is C1=CC2=C(c3ccc(-c4ccccc4)cc3)CC(c3ccc4c(c3)oc3c(-n5c6ccc(-c7ccccc7)cc6c6cc(-c7ccccc7)ccc65)cccc34)NC2C=C1. The van der Waals surface area contributed by atoms with Crippen molar-refractivity contribution in [2.45, 2.75) is 18.5 Å². The van der Waals surface area contributed by atoms with Crippen LogP contribution in [-0.4, -0.2) is 10.6 Å². The zero-order valence-electron chi connectivity index (χ0n) is 32.9. The summed E-state index contributed by atoms with van der Waals surface area (Å²) in [5, 5.41) is 8.64. The van der Waals surface area contributed by atoms with E-state index in [1.165, 1.54) is 66.4 Å². The molecule has 10 aromatic rings. The molecule has 0 spiro atoms. The molecule has 3 heterocycles. The highest BCUT2D eigenvalue weighted by Gasteiger charge is 2.29. The Labute approximate surface area is 348 Å². The predicted octanol–water partition coefficient (Wildman–Crippen LogP) is 14.7. The normalized spacial score (nSPS) is 16.3. The van der Waals surface area contributed by atoms with Crippen molar-refractivity contribution >= 4 is 49.3 Å². The molecular formula is C57H40N2O. The van der Waals surface area contributed by atoms with Crippen LogP contribution in [0.5, 0.6) is 0 Å². The van der Waals surface area contributed by atoms with Gasteiger partial charge in [-0.1, -0.05) is 176 Å². The predicted molar refractivity (Wildman–Crippen MR) is 250 cm³/mol. The molecular weight excluding hydrogens is 729 g/mol. The van der Waals surface area contributed by atoms with Crippen LogP contribution >= 0.6 is 0 Å². The first-order chi connectivity index (χ1) is 29.7. The standard InChI is InChI=1S/C57H40N2O/c1-4-13-37(14-5-1)40-23-25-41(26-24-40)48-36-52(58-51-21-11-10-19-45(48)51)44-27-30-46-47-20-12-22-55(57(47)60-56(46)35-44)59-53-31-28-42(38-15-6-2-7-16-38)33-49(53)50-34-43(29-32-54(50)59)39-17-8-3-9-18-39/h1-35,51-52,58H,36H2. The lowest BCUT2D eigenvalue weighted by molar-refractivity contribution is 0.504. The van der Waals surface area contributed by atoms with Gasteiger partial charge in [-0.25, -0.2) is 0 Å². The number of nitrogens with one attached hydrogen (secondary N) is 1. The molecule has 3 nitrogen and oxygen atoms in total. The lowest BCUT2D eigenvalue weighted by atomic mass is 9.82. The lowest BCUT2D eigenvalue weighted by Gasteiger charge is -2.34. The number of aromatic nitrogens is 1. The van der Waals surface area contributed by atoms with Crippen LogP contribution < -0.4 is 5.32 Å². The Hall–Kier alpha value is -7.46. The van der Waals surface area contributed by atoms with Gasteiger partial charge in [-0.2, -0.15) is 0 Å². The highest BCUT2D eigenvalue weighted by atomic mass is 16.3. The van der Waals surface area contributed by atoms with Crippen LogP contribution in [0.4, 0.5) is 0 Å². The number of furan rings is 1. The van der Waals surface area contributed by atoms with E-state index in [2.05, 4.69) is 222 Å². The minimum Gasteiger partial charge on any atom is -0.454 e. The van der Waals surface area contributed by atoms with Gasteiger partial charge in [0.25, 0.3) is 0 Å². The maximum Gasteiger partial charge on any atom is 0.159 e. The number of nitrogens with zero attached hydrogens (tertiary/aromatic N) is 1. The van der Waals surface area contributed by atoms with Crippen molar-refractivity contribution in [2.24, 2.45) is 0 Å². The van der Waals surface area contributed by atoms with Crippen LogP contribution in [0.2, 0.25) is 0 Å². The number of allylic oxidation sites excluding steroid dienone is 2. The number of hydrogen-bond donors (Lipinski definition) is 1. The average Bonchev–Trinajstić information content (AvgIpc) is 3.87. The smallest absolute Gasteiger partial charge is 0.159 e. The molecule has 0 fully saturated rings. The molecule has 60 heavy (non-hydrogen) atoms.